The molecule has 19 heavy (non-hydrogen) atoms. The number of rotatable bonds is 4. The minimum absolute atomic E-state index is 0.559. The Morgan fingerprint density at radius 2 is 1.95 bits per heavy atom. The normalized spacial score (nSPS) is 11.0. The standard InChI is InChI=1S/C15H15N3S/c16-9-11-6-7-13-14(8-11)18-15(17-13)10-19-12-4-2-1-3-5-12/h1-8H,9-10,16H2,(H,17,18). The van der Waals surface area contributed by atoms with Crippen molar-refractivity contribution in [1.82, 2.24) is 9.97 Å². The van der Waals surface area contributed by atoms with E-state index in [0.29, 0.717) is 6.54 Å². The van der Waals surface area contributed by atoms with E-state index in [1.165, 1.54) is 4.90 Å². The Morgan fingerprint density at radius 1 is 1.11 bits per heavy atom. The number of nitrogens with zero attached hydrogens (tertiary/aromatic N) is 1. The molecule has 1 aromatic heterocycles. The van der Waals surface area contributed by atoms with Gasteiger partial charge in [0.25, 0.3) is 0 Å². The highest BCUT2D eigenvalue weighted by Gasteiger charge is 2.04. The van der Waals surface area contributed by atoms with Gasteiger partial charge in [0.2, 0.25) is 0 Å². The van der Waals surface area contributed by atoms with Crippen LogP contribution in [0.4, 0.5) is 0 Å². The van der Waals surface area contributed by atoms with Crippen LogP contribution in [0.3, 0.4) is 0 Å². The summed E-state index contributed by atoms with van der Waals surface area (Å²) in [5, 5.41) is 0. The van der Waals surface area contributed by atoms with E-state index in [4.69, 9.17) is 5.73 Å². The number of imidazole rings is 1. The predicted molar refractivity (Wildman–Crippen MR) is 80.0 cm³/mol. The van der Waals surface area contributed by atoms with Crippen LogP contribution >= 0.6 is 11.8 Å². The molecule has 4 heteroatoms. The number of H-pyrrole nitrogens is 1. The number of nitrogens with two attached hydrogens (primary N) is 1. The molecule has 0 atom stereocenters. The van der Waals surface area contributed by atoms with Crippen molar-refractivity contribution in [3.63, 3.8) is 0 Å². The topological polar surface area (TPSA) is 54.7 Å². The van der Waals surface area contributed by atoms with E-state index in [1.807, 2.05) is 18.2 Å². The number of nitrogens with one attached hydrogen (secondary N) is 1. The highest BCUT2D eigenvalue weighted by molar-refractivity contribution is 7.98. The maximum atomic E-state index is 5.64. The van der Waals surface area contributed by atoms with Gasteiger partial charge in [-0.2, -0.15) is 0 Å². The van der Waals surface area contributed by atoms with Gasteiger partial charge in [-0.1, -0.05) is 24.3 Å². The third kappa shape index (κ3) is 2.80. The summed E-state index contributed by atoms with van der Waals surface area (Å²) in [6.45, 7) is 0.559. The van der Waals surface area contributed by atoms with Crippen molar-refractivity contribution in [2.45, 2.75) is 17.2 Å². The van der Waals surface area contributed by atoms with Gasteiger partial charge in [0.15, 0.2) is 0 Å². The van der Waals surface area contributed by atoms with Crippen LogP contribution in [-0.2, 0) is 12.3 Å². The molecule has 0 spiro atoms. The molecule has 1 heterocycles. The molecule has 96 valence electrons. The quantitative estimate of drug-likeness (QED) is 0.714. The average Bonchev–Trinajstić information content (AvgIpc) is 2.88. The van der Waals surface area contributed by atoms with Crippen molar-refractivity contribution >= 4 is 22.8 Å². The monoisotopic (exact) mass is 269 g/mol. The highest BCUT2D eigenvalue weighted by atomic mass is 32.2. The first-order valence-corrected chi connectivity index (χ1v) is 7.19. The molecule has 0 saturated carbocycles. The average molecular weight is 269 g/mol. The van der Waals surface area contributed by atoms with Gasteiger partial charge in [0.1, 0.15) is 5.82 Å². The van der Waals surface area contributed by atoms with Crippen molar-refractivity contribution in [3.05, 3.63) is 59.9 Å². The van der Waals surface area contributed by atoms with E-state index >= 15 is 0 Å². The molecule has 0 unspecified atom stereocenters. The second kappa shape index (κ2) is 5.47. The fourth-order valence-corrected chi connectivity index (χ4v) is 2.76. The van der Waals surface area contributed by atoms with Gasteiger partial charge in [-0.05, 0) is 29.8 Å². The van der Waals surface area contributed by atoms with E-state index in [0.717, 1.165) is 28.2 Å². The largest absolute Gasteiger partial charge is 0.341 e. The number of benzene rings is 2. The molecule has 3 rings (SSSR count). The molecule has 0 radical (unpaired) electrons. The predicted octanol–water partition coefficient (Wildman–Crippen LogP) is 3.31. The number of thioether (sulfide) groups is 1. The zero-order valence-electron chi connectivity index (χ0n) is 10.5. The first-order chi connectivity index (χ1) is 9.35. The van der Waals surface area contributed by atoms with Crippen molar-refractivity contribution < 1.29 is 0 Å². The molecule has 0 aliphatic heterocycles. The van der Waals surface area contributed by atoms with Crippen LogP contribution in [0.15, 0.2) is 53.4 Å². The summed E-state index contributed by atoms with van der Waals surface area (Å²) in [6.07, 6.45) is 0. The molecule has 0 aliphatic rings. The van der Waals surface area contributed by atoms with Crippen LogP contribution in [0.5, 0.6) is 0 Å². The van der Waals surface area contributed by atoms with Crippen molar-refractivity contribution in [2.24, 2.45) is 5.73 Å². The summed E-state index contributed by atoms with van der Waals surface area (Å²) in [6, 6.07) is 16.5. The summed E-state index contributed by atoms with van der Waals surface area (Å²) in [4.78, 5) is 9.19. The number of hydrogen-bond donors (Lipinski definition) is 2. The minimum Gasteiger partial charge on any atom is -0.341 e. The summed E-state index contributed by atoms with van der Waals surface area (Å²) in [5.41, 5.74) is 8.83. The smallest absolute Gasteiger partial charge is 0.117 e. The first-order valence-electron chi connectivity index (χ1n) is 6.20. The Hall–Kier alpha value is -1.78. The fraction of sp³-hybridized carbons (Fsp3) is 0.133. The molecule has 3 aromatic rings. The molecular weight excluding hydrogens is 254 g/mol. The molecule has 3 N–H and O–H groups in total. The van der Waals surface area contributed by atoms with E-state index < -0.39 is 0 Å². The molecular formula is C15H15N3S. The second-order valence-corrected chi connectivity index (χ2v) is 5.39. The lowest BCUT2D eigenvalue weighted by Crippen LogP contribution is -1.95. The molecule has 0 amide bonds. The lowest BCUT2D eigenvalue weighted by atomic mass is 10.2. The van der Waals surface area contributed by atoms with Gasteiger partial charge >= 0.3 is 0 Å². The van der Waals surface area contributed by atoms with E-state index in [2.05, 4.69) is 40.3 Å². The minimum atomic E-state index is 0.559. The summed E-state index contributed by atoms with van der Waals surface area (Å²) in [5.74, 6) is 1.84. The van der Waals surface area contributed by atoms with Crippen LogP contribution in [0.1, 0.15) is 11.4 Å². The van der Waals surface area contributed by atoms with Crippen molar-refractivity contribution in [2.75, 3.05) is 0 Å². The van der Waals surface area contributed by atoms with Crippen LogP contribution in [-0.4, -0.2) is 9.97 Å². The highest BCUT2D eigenvalue weighted by Crippen LogP contribution is 2.22. The lowest BCUT2D eigenvalue weighted by Gasteiger charge is -1.97. The molecule has 0 aliphatic carbocycles. The van der Waals surface area contributed by atoms with E-state index in [-0.39, 0.29) is 0 Å². The Labute approximate surface area is 116 Å². The Morgan fingerprint density at radius 3 is 2.74 bits per heavy atom. The third-order valence-corrected chi connectivity index (χ3v) is 3.97. The molecule has 3 nitrogen and oxygen atoms in total. The van der Waals surface area contributed by atoms with Gasteiger partial charge in [-0.15, -0.1) is 11.8 Å². The Balaban J connectivity index is 1.78. The molecule has 0 bridgehead atoms. The van der Waals surface area contributed by atoms with Crippen LogP contribution in [0.25, 0.3) is 11.0 Å². The third-order valence-electron chi connectivity index (χ3n) is 2.95. The van der Waals surface area contributed by atoms with Gasteiger partial charge in [0, 0.05) is 11.4 Å². The van der Waals surface area contributed by atoms with Crippen molar-refractivity contribution in [3.8, 4) is 0 Å². The summed E-state index contributed by atoms with van der Waals surface area (Å²) >= 11 is 1.78. The number of aromatic amines is 1. The second-order valence-electron chi connectivity index (χ2n) is 4.34. The zero-order valence-corrected chi connectivity index (χ0v) is 11.3. The maximum absolute atomic E-state index is 5.64. The van der Waals surface area contributed by atoms with Gasteiger partial charge in [-0.25, -0.2) is 4.98 Å². The van der Waals surface area contributed by atoms with Gasteiger partial charge < -0.3 is 10.7 Å². The van der Waals surface area contributed by atoms with Crippen LogP contribution in [0.2, 0.25) is 0 Å². The van der Waals surface area contributed by atoms with E-state index in [9.17, 15) is 0 Å². The number of aromatic nitrogens is 2. The molecule has 2 aromatic carbocycles. The Bertz CT molecular complexity index is 676. The van der Waals surface area contributed by atoms with Crippen LogP contribution < -0.4 is 5.73 Å². The fourth-order valence-electron chi connectivity index (χ4n) is 1.97. The van der Waals surface area contributed by atoms with Gasteiger partial charge in [0.05, 0.1) is 16.8 Å². The first kappa shape index (κ1) is 12.3. The zero-order chi connectivity index (χ0) is 13.1. The lowest BCUT2D eigenvalue weighted by molar-refractivity contribution is 1.07. The number of hydrogen-bond acceptors (Lipinski definition) is 3. The number of fused-ring (bicyclic) bond motifs is 1. The SMILES string of the molecule is NCc1ccc2nc(CSc3ccccc3)[nH]c2c1. The summed E-state index contributed by atoms with van der Waals surface area (Å²) in [7, 11) is 0. The van der Waals surface area contributed by atoms with Crippen LogP contribution in [0, 0.1) is 0 Å². The Kier molecular flexibility index (Phi) is 3.53. The summed E-state index contributed by atoms with van der Waals surface area (Å²) < 4.78 is 0. The van der Waals surface area contributed by atoms with Gasteiger partial charge in [-0.3, -0.25) is 0 Å². The molecule has 0 fully saturated rings. The molecule has 0 saturated heterocycles. The van der Waals surface area contributed by atoms with Crippen molar-refractivity contribution in [1.29, 1.82) is 0 Å². The maximum Gasteiger partial charge on any atom is 0.117 e. The van der Waals surface area contributed by atoms with E-state index in [1.54, 1.807) is 11.8 Å².